The van der Waals surface area contributed by atoms with E-state index in [9.17, 15) is 19.2 Å². The van der Waals surface area contributed by atoms with E-state index in [1.807, 2.05) is 69.6 Å². The zero-order valence-electron chi connectivity index (χ0n) is 43.5. The number of ether oxygens (including phenoxy) is 5. The molecular formula is C59H83N3O9. The maximum atomic E-state index is 13.8. The molecule has 0 radical (unpaired) electrons. The molecule has 1 aliphatic carbocycles. The van der Waals surface area contributed by atoms with Gasteiger partial charge in [-0.2, -0.15) is 0 Å². The number of hydrogen-bond acceptors (Lipinski definition) is 11. The van der Waals surface area contributed by atoms with E-state index in [0.29, 0.717) is 97.2 Å². The van der Waals surface area contributed by atoms with E-state index in [1.54, 1.807) is 30.2 Å². The van der Waals surface area contributed by atoms with Crippen LogP contribution in [-0.4, -0.2) is 80.1 Å². The lowest BCUT2D eigenvalue weighted by Crippen LogP contribution is -2.35. The van der Waals surface area contributed by atoms with Gasteiger partial charge in [-0.1, -0.05) is 74.4 Å². The van der Waals surface area contributed by atoms with Crippen molar-refractivity contribution in [2.45, 2.75) is 144 Å². The molecule has 1 amide bonds. The third kappa shape index (κ3) is 16.0. The summed E-state index contributed by atoms with van der Waals surface area (Å²) in [5.41, 5.74) is 6.65. The summed E-state index contributed by atoms with van der Waals surface area (Å²) in [5.74, 6) is 3.41. The van der Waals surface area contributed by atoms with Crippen LogP contribution in [0, 0.1) is 17.8 Å². The lowest BCUT2D eigenvalue weighted by Gasteiger charge is -2.19. The Morgan fingerprint density at radius 3 is 2.20 bits per heavy atom. The van der Waals surface area contributed by atoms with E-state index in [4.69, 9.17) is 28.7 Å². The van der Waals surface area contributed by atoms with Crippen LogP contribution in [0.15, 0.2) is 83.0 Å². The first-order valence-electron chi connectivity index (χ1n) is 25.9. The molecule has 3 aliphatic rings. The van der Waals surface area contributed by atoms with Crippen LogP contribution in [0.1, 0.15) is 161 Å². The largest absolute Gasteiger partial charge is 0.493 e. The van der Waals surface area contributed by atoms with E-state index in [0.717, 1.165) is 73.8 Å². The topological polar surface area (TPSA) is 142 Å². The smallest absolute Gasteiger partial charge is 0.306 e. The van der Waals surface area contributed by atoms with Crippen molar-refractivity contribution in [1.82, 2.24) is 10.2 Å². The quantitative estimate of drug-likeness (QED) is 0.0424. The number of rotatable bonds is 28. The zero-order valence-corrected chi connectivity index (χ0v) is 43.5. The van der Waals surface area contributed by atoms with Crippen molar-refractivity contribution < 1.29 is 47.1 Å². The van der Waals surface area contributed by atoms with Crippen molar-refractivity contribution in [3.8, 4) is 23.0 Å². The average molecular weight is 978 g/mol. The fraction of sp³-hybridized carbons (Fsp3) is 0.508. The molecule has 0 aromatic heterocycles. The lowest BCUT2D eigenvalue weighted by molar-refractivity contribution is -0.145. The molecule has 3 aromatic carbocycles. The van der Waals surface area contributed by atoms with Gasteiger partial charge in [0.25, 0.3) is 5.91 Å². The molecule has 4 atom stereocenters. The van der Waals surface area contributed by atoms with E-state index >= 15 is 0 Å². The van der Waals surface area contributed by atoms with Gasteiger partial charge in [0.2, 0.25) is 0 Å². The molecule has 0 spiro atoms. The molecule has 0 saturated heterocycles. The van der Waals surface area contributed by atoms with Crippen molar-refractivity contribution in [2.75, 3.05) is 33.5 Å². The second-order valence-corrected chi connectivity index (χ2v) is 20.0. The number of carbonyl (C=O) groups excluding carboxylic acids is 4. The van der Waals surface area contributed by atoms with Gasteiger partial charge < -0.3 is 33.9 Å². The van der Waals surface area contributed by atoms with Crippen molar-refractivity contribution in [3.05, 3.63) is 106 Å². The first-order chi connectivity index (χ1) is 34.2. The third-order valence-electron chi connectivity index (χ3n) is 13.9. The van der Waals surface area contributed by atoms with Gasteiger partial charge in [0.05, 0.1) is 50.3 Å². The fourth-order valence-corrected chi connectivity index (χ4v) is 8.89. The minimum Gasteiger partial charge on any atom is -0.493 e. The second kappa shape index (κ2) is 27.0. The Kier molecular flexibility index (Phi) is 20.7. The van der Waals surface area contributed by atoms with Gasteiger partial charge in [0.1, 0.15) is 6.61 Å². The first-order valence-corrected chi connectivity index (χ1v) is 25.9. The minimum absolute atomic E-state index is 0. The number of amides is 1. The number of aliphatic imine (C=N–C) groups is 1. The van der Waals surface area contributed by atoms with Crippen LogP contribution in [0.5, 0.6) is 23.0 Å². The molecule has 2 aliphatic heterocycles. The summed E-state index contributed by atoms with van der Waals surface area (Å²) in [4.78, 5) is 59.0. The molecule has 2 heterocycles. The Hall–Kier alpha value is -6.01. The summed E-state index contributed by atoms with van der Waals surface area (Å²) < 4.78 is 30.0. The normalized spacial score (nSPS) is 17.2. The fourth-order valence-electron chi connectivity index (χ4n) is 8.89. The molecule has 1 N–H and O–H groups in total. The number of Topliss-reactive ketones (excluding diaryl/α,β-unsaturated/α-hetero) is 2. The standard InChI is InChI=1S/C59H77N3O9.3H2/c1-9-40(4)28-46-22-23-47-32-55(54(67-8)33-49(47)53(64)31-46)68-25-12-10-13-26-70-57-35-51-50(59(66)62-37-41(5)29-48(62)36-61-51)34-56(57)69-27-14-11-17-58(65)71-38-45-20-18-44(19-21-45)30-52(63)43(7)60-24-15-16-42(6)39(2)3;;;/h9,18-23,32-37,39,42-43,46,48,60H,10-17,24-31,38H2,1-8H3;3*1H/b40-9-;;;/t42-,43+,46-,48+;;;/m1.../s1. The monoisotopic (exact) mass is 978 g/mol. The highest BCUT2D eigenvalue weighted by Crippen LogP contribution is 2.39. The highest BCUT2D eigenvalue weighted by molar-refractivity contribution is 6.04. The number of hydrogen-bond donors (Lipinski definition) is 1. The first kappa shape index (κ1) is 54.3. The minimum atomic E-state index is -0.298. The number of benzene rings is 3. The predicted molar refractivity (Wildman–Crippen MR) is 288 cm³/mol. The maximum Gasteiger partial charge on any atom is 0.306 e. The molecule has 0 unspecified atom stereocenters. The number of nitrogens with one attached hydrogen (secondary N) is 1. The highest BCUT2D eigenvalue weighted by atomic mass is 16.5. The molecule has 12 heteroatoms. The van der Waals surface area contributed by atoms with Crippen LogP contribution >= 0.6 is 0 Å². The van der Waals surface area contributed by atoms with Crippen molar-refractivity contribution >= 4 is 41.4 Å². The average Bonchev–Trinajstić information content (AvgIpc) is 3.61. The van der Waals surface area contributed by atoms with Crippen molar-refractivity contribution in [3.63, 3.8) is 0 Å². The van der Waals surface area contributed by atoms with E-state index in [1.165, 1.54) is 5.57 Å². The number of unbranched alkanes of at least 4 members (excludes halogenated alkanes) is 3. The Balaban J connectivity index is 0.00000481. The van der Waals surface area contributed by atoms with Gasteiger partial charge in [-0.25, -0.2) is 0 Å². The van der Waals surface area contributed by atoms with Crippen LogP contribution in [0.2, 0.25) is 0 Å². The van der Waals surface area contributed by atoms with Gasteiger partial charge in [0.15, 0.2) is 34.6 Å². The molecular weight excluding hydrogens is 895 g/mol. The Morgan fingerprint density at radius 1 is 0.845 bits per heavy atom. The number of fused-ring (bicyclic) bond motifs is 3. The van der Waals surface area contributed by atoms with Crippen molar-refractivity contribution in [2.24, 2.45) is 22.7 Å². The molecule has 6 rings (SSSR count). The number of methoxy groups -OCH3 is 1. The molecule has 388 valence electrons. The number of esters is 1. The van der Waals surface area contributed by atoms with E-state index in [2.05, 4.69) is 45.2 Å². The molecule has 0 fully saturated rings. The number of nitrogens with zero attached hydrogens (tertiary/aromatic N) is 2. The predicted octanol–water partition coefficient (Wildman–Crippen LogP) is 12.9. The lowest BCUT2D eigenvalue weighted by atomic mass is 9.93. The molecule has 12 nitrogen and oxygen atoms in total. The van der Waals surface area contributed by atoms with Gasteiger partial charge in [-0.15, -0.1) is 0 Å². The number of ketones is 2. The Morgan fingerprint density at radius 2 is 1.51 bits per heavy atom. The molecule has 0 bridgehead atoms. The van der Waals surface area contributed by atoms with Gasteiger partial charge in [0, 0.05) is 47.6 Å². The van der Waals surface area contributed by atoms with E-state index in [-0.39, 0.29) is 58.8 Å². The van der Waals surface area contributed by atoms with E-state index < -0.39 is 0 Å². The summed E-state index contributed by atoms with van der Waals surface area (Å²) in [5, 5.41) is 3.38. The van der Waals surface area contributed by atoms with Crippen LogP contribution in [-0.2, 0) is 27.4 Å². The van der Waals surface area contributed by atoms with Crippen LogP contribution < -0.4 is 24.3 Å². The molecule has 0 saturated carbocycles. The molecule has 71 heavy (non-hydrogen) atoms. The van der Waals surface area contributed by atoms with Gasteiger partial charge in [-0.05, 0) is 145 Å². The summed E-state index contributed by atoms with van der Waals surface area (Å²) >= 11 is 0. The van der Waals surface area contributed by atoms with Crippen LogP contribution in [0.4, 0.5) is 5.69 Å². The summed E-state index contributed by atoms with van der Waals surface area (Å²) in [6.45, 7) is 17.0. The van der Waals surface area contributed by atoms with Gasteiger partial charge in [-0.3, -0.25) is 24.2 Å². The summed E-state index contributed by atoms with van der Waals surface area (Å²) in [6.07, 6.45) is 18.3. The van der Waals surface area contributed by atoms with Gasteiger partial charge >= 0.3 is 5.97 Å². The van der Waals surface area contributed by atoms with Crippen molar-refractivity contribution in [1.29, 1.82) is 0 Å². The zero-order chi connectivity index (χ0) is 50.9. The SMILES string of the molecule is C/C=C(/C)C[C@H]1C=Cc2cc(OCCCCCOc3cc4c(cc3OCCCCC(=O)OCc3ccc(CC(=O)[C@H](C)NCCC[C@@H](C)C(C)C)cc3)C(=O)N3C=C(C)C[C@H]3C=N4)c(OC)cc2C(=O)C1.[HH].[HH].[HH]. The summed E-state index contributed by atoms with van der Waals surface area (Å²) in [6, 6.07) is 14.5. The Bertz CT molecular complexity index is 2450. The summed E-state index contributed by atoms with van der Waals surface area (Å²) in [7, 11) is 1.59. The maximum absolute atomic E-state index is 13.8. The molecule has 3 aromatic rings. The van der Waals surface area contributed by atoms with Crippen LogP contribution in [0.25, 0.3) is 6.08 Å². The highest BCUT2D eigenvalue weighted by Gasteiger charge is 2.32. The third-order valence-corrected chi connectivity index (χ3v) is 13.9. The Labute approximate surface area is 426 Å². The number of carbonyl (C=O) groups is 4. The van der Waals surface area contributed by atoms with Crippen LogP contribution in [0.3, 0.4) is 0 Å². The second-order valence-electron chi connectivity index (χ2n) is 20.0. The number of allylic oxidation sites excluding steroid dienone is 3.